The minimum atomic E-state index is -0.210. The number of halogens is 1. The molecular formula is C16H14ClN3O2. The van der Waals surface area contributed by atoms with Gasteiger partial charge in [-0.3, -0.25) is 4.79 Å². The normalized spacial score (nSPS) is 10.6. The molecule has 0 aliphatic carbocycles. The fourth-order valence-corrected chi connectivity index (χ4v) is 2.25. The lowest BCUT2D eigenvalue weighted by Gasteiger charge is -2.06. The lowest BCUT2D eigenvalue weighted by molar-refractivity contribution is 0.0952. The van der Waals surface area contributed by atoms with Crippen molar-refractivity contribution < 1.29 is 9.32 Å². The highest BCUT2D eigenvalue weighted by atomic mass is 35.5. The van der Waals surface area contributed by atoms with Crippen LogP contribution in [0.5, 0.6) is 0 Å². The number of carbonyl (C=O) groups is 1. The molecule has 1 amide bonds. The van der Waals surface area contributed by atoms with E-state index in [0.29, 0.717) is 29.4 Å². The number of amides is 1. The van der Waals surface area contributed by atoms with Gasteiger partial charge in [0.1, 0.15) is 5.56 Å². The number of benzene rings is 1. The van der Waals surface area contributed by atoms with E-state index >= 15 is 0 Å². The molecule has 0 radical (unpaired) electrons. The Labute approximate surface area is 132 Å². The summed E-state index contributed by atoms with van der Waals surface area (Å²) in [5, 5.41) is 7.21. The van der Waals surface area contributed by atoms with Gasteiger partial charge in [-0.15, -0.1) is 0 Å². The molecule has 5 nitrogen and oxygen atoms in total. The van der Waals surface area contributed by atoms with Crippen molar-refractivity contribution in [3.8, 4) is 11.3 Å². The molecule has 6 heteroatoms. The van der Waals surface area contributed by atoms with Crippen molar-refractivity contribution in [2.45, 2.75) is 6.54 Å². The van der Waals surface area contributed by atoms with Crippen molar-refractivity contribution in [2.24, 2.45) is 0 Å². The predicted molar refractivity (Wildman–Crippen MR) is 83.7 cm³/mol. The Kier molecular flexibility index (Phi) is 4.25. The maximum Gasteiger partial charge on any atom is 0.256 e. The third kappa shape index (κ3) is 3.20. The molecule has 0 saturated heterocycles. The second-order valence-corrected chi connectivity index (χ2v) is 5.19. The van der Waals surface area contributed by atoms with Crippen molar-refractivity contribution in [2.75, 3.05) is 6.54 Å². The molecule has 0 aliphatic rings. The number of rotatable bonds is 5. The fraction of sp³-hybridized carbons (Fsp3) is 0.125. The van der Waals surface area contributed by atoms with Gasteiger partial charge in [0, 0.05) is 36.1 Å². The maximum atomic E-state index is 12.2. The molecule has 2 aromatic heterocycles. The Hall–Kier alpha value is -2.53. The summed E-state index contributed by atoms with van der Waals surface area (Å²) in [6, 6.07) is 11.0. The molecule has 22 heavy (non-hydrogen) atoms. The zero-order valence-electron chi connectivity index (χ0n) is 11.7. The molecule has 0 bridgehead atoms. The first kappa shape index (κ1) is 14.4. The van der Waals surface area contributed by atoms with E-state index in [1.807, 2.05) is 29.1 Å². The van der Waals surface area contributed by atoms with Crippen LogP contribution in [0.3, 0.4) is 0 Å². The summed E-state index contributed by atoms with van der Waals surface area (Å²) in [6.45, 7) is 1.24. The molecule has 3 rings (SSSR count). The minimum Gasteiger partial charge on any atom is -0.355 e. The highest BCUT2D eigenvalue weighted by Crippen LogP contribution is 2.24. The lowest BCUT2D eigenvalue weighted by atomic mass is 10.1. The van der Waals surface area contributed by atoms with E-state index in [0.717, 1.165) is 5.56 Å². The summed E-state index contributed by atoms with van der Waals surface area (Å²) in [7, 11) is 0. The van der Waals surface area contributed by atoms with Crippen molar-refractivity contribution in [1.29, 1.82) is 0 Å². The van der Waals surface area contributed by atoms with Gasteiger partial charge in [-0.25, -0.2) is 0 Å². The van der Waals surface area contributed by atoms with E-state index in [4.69, 9.17) is 16.1 Å². The smallest absolute Gasteiger partial charge is 0.256 e. The lowest BCUT2D eigenvalue weighted by Crippen LogP contribution is -2.27. The Morgan fingerprint density at radius 2 is 1.95 bits per heavy atom. The topological polar surface area (TPSA) is 60.1 Å². The first-order valence-corrected chi connectivity index (χ1v) is 7.21. The number of hydrogen-bond acceptors (Lipinski definition) is 3. The van der Waals surface area contributed by atoms with Crippen LogP contribution in [0, 0.1) is 0 Å². The molecule has 1 N–H and O–H groups in total. The molecule has 0 spiro atoms. The first-order chi connectivity index (χ1) is 10.7. The van der Waals surface area contributed by atoms with E-state index in [1.165, 1.54) is 6.20 Å². The van der Waals surface area contributed by atoms with Crippen LogP contribution in [-0.4, -0.2) is 22.2 Å². The second kappa shape index (κ2) is 6.49. The van der Waals surface area contributed by atoms with E-state index in [1.54, 1.807) is 24.3 Å². The second-order valence-electron chi connectivity index (χ2n) is 4.75. The van der Waals surface area contributed by atoms with Gasteiger partial charge in [0.2, 0.25) is 0 Å². The van der Waals surface area contributed by atoms with Gasteiger partial charge in [-0.1, -0.05) is 16.8 Å². The Morgan fingerprint density at radius 3 is 2.68 bits per heavy atom. The van der Waals surface area contributed by atoms with Gasteiger partial charge >= 0.3 is 0 Å². The summed E-state index contributed by atoms with van der Waals surface area (Å²) in [4.78, 5) is 12.2. The van der Waals surface area contributed by atoms with Crippen molar-refractivity contribution in [1.82, 2.24) is 15.0 Å². The van der Waals surface area contributed by atoms with Crippen LogP contribution in [0.15, 0.2) is 59.5 Å². The number of nitrogens with zero attached hydrogens (tertiary/aromatic N) is 2. The van der Waals surface area contributed by atoms with Crippen LogP contribution in [-0.2, 0) is 6.54 Å². The summed E-state index contributed by atoms with van der Waals surface area (Å²) >= 11 is 5.86. The highest BCUT2D eigenvalue weighted by molar-refractivity contribution is 6.30. The Morgan fingerprint density at radius 1 is 1.23 bits per heavy atom. The molecule has 0 fully saturated rings. The summed E-state index contributed by atoms with van der Waals surface area (Å²) in [5.74, 6) is 0.230. The quantitative estimate of drug-likeness (QED) is 0.786. The highest BCUT2D eigenvalue weighted by Gasteiger charge is 2.17. The average molecular weight is 316 g/mol. The van der Waals surface area contributed by atoms with Crippen LogP contribution in [0.4, 0.5) is 0 Å². The van der Waals surface area contributed by atoms with Gasteiger partial charge < -0.3 is 14.4 Å². The number of carbonyl (C=O) groups excluding carboxylic acids is 1. The Balaban J connectivity index is 1.68. The predicted octanol–water partition coefficient (Wildman–Crippen LogP) is 3.23. The molecule has 0 atom stereocenters. The largest absolute Gasteiger partial charge is 0.355 e. The zero-order chi connectivity index (χ0) is 15.4. The third-order valence-electron chi connectivity index (χ3n) is 3.24. The van der Waals surface area contributed by atoms with E-state index in [9.17, 15) is 4.79 Å². The molecule has 1 aromatic carbocycles. The number of hydrogen-bond donors (Lipinski definition) is 1. The summed E-state index contributed by atoms with van der Waals surface area (Å²) in [6.07, 6.45) is 5.32. The maximum absolute atomic E-state index is 12.2. The standard InChI is InChI=1S/C16H14ClN3O2/c17-13-5-3-12(4-6-13)15-14(11-19-22-15)16(21)18-7-10-20-8-1-2-9-20/h1-6,8-9,11H,7,10H2,(H,18,21). The van der Waals surface area contributed by atoms with Crippen molar-refractivity contribution in [3.05, 3.63) is 65.6 Å². The Bertz CT molecular complexity index is 748. The monoisotopic (exact) mass is 315 g/mol. The molecule has 0 unspecified atom stereocenters. The molecular weight excluding hydrogens is 302 g/mol. The third-order valence-corrected chi connectivity index (χ3v) is 3.50. The van der Waals surface area contributed by atoms with Crippen molar-refractivity contribution >= 4 is 17.5 Å². The average Bonchev–Trinajstić information content (AvgIpc) is 3.19. The van der Waals surface area contributed by atoms with Crippen LogP contribution in [0.25, 0.3) is 11.3 Å². The van der Waals surface area contributed by atoms with Gasteiger partial charge in [0.15, 0.2) is 5.76 Å². The van der Waals surface area contributed by atoms with Gasteiger partial charge in [0.05, 0.1) is 6.20 Å². The fourth-order valence-electron chi connectivity index (χ4n) is 2.12. The summed E-state index contributed by atoms with van der Waals surface area (Å²) in [5.41, 5.74) is 1.17. The molecule has 112 valence electrons. The van der Waals surface area contributed by atoms with Gasteiger partial charge in [-0.05, 0) is 36.4 Å². The van der Waals surface area contributed by atoms with Crippen LogP contribution in [0.2, 0.25) is 5.02 Å². The van der Waals surface area contributed by atoms with E-state index in [2.05, 4.69) is 10.5 Å². The van der Waals surface area contributed by atoms with Crippen LogP contribution >= 0.6 is 11.6 Å². The van der Waals surface area contributed by atoms with E-state index < -0.39 is 0 Å². The van der Waals surface area contributed by atoms with Gasteiger partial charge in [0.25, 0.3) is 5.91 Å². The molecule has 0 aliphatic heterocycles. The van der Waals surface area contributed by atoms with Crippen LogP contribution in [0.1, 0.15) is 10.4 Å². The minimum absolute atomic E-state index is 0.210. The molecule has 0 saturated carbocycles. The number of aromatic nitrogens is 2. The number of nitrogens with one attached hydrogen (secondary N) is 1. The molecule has 3 aromatic rings. The SMILES string of the molecule is O=C(NCCn1cccc1)c1cnoc1-c1ccc(Cl)cc1. The van der Waals surface area contributed by atoms with Crippen LogP contribution < -0.4 is 5.32 Å². The first-order valence-electron chi connectivity index (χ1n) is 6.83. The van der Waals surface area contributed by atoms with Gasteiger partial charge in [-0.2, -0.15) is 0 Å². The molecule has 2 heterocycles. The summed E-state index contributed by atoms with van der Waals surface area (Å²) < 4.78 is 7.20. The van der Waals surface area contributed by atoms with E-state index in [-0.39, 0.29) is 5.91 Å². The zero-order valence-corrected chi connectivity index (χ0v) is 12.5. The van der Waals surface area contributed by atoms with Crippen molar-refractivity contribution in [3.63, 3.8) is 0 Å².